The van der Waals surface area contributed by atoms with Crippen LogP contribution in [-0.2, 0) is 4.74 Å². The molecule has 1 aliphatic rings. The molecule has 1 unspecified atom stereocenters. The molecule has 0 radical (unpaired) electrons. The first-order valence-electron chi connectivity index (χ1n) is 6.42. The van der Waals surface area contributed by atoms with Crippen LogP contribution >= 0.6 is 0 Å². The Morgan fingerprint density at radius 2 is 1.94 bits per heavy atom. The van der Waals surface area contributed by atoms with Crippen molar-refractivity contribution in [2.24, 2.45) is 5.92 Å². The highest BCUT2D eigenvalue weighted by Crippen LogP contribution is 2.27. The van der Waals surface area contributed by atoms with E-state index in [1.165, 1.54) is 19.3 Å². The summed E-state index contributed by atoms with van der Waals surface area (Å²) in [5, 5.41) is 3.02. The third-order valence-electron chi connectivity index (χ3n) is 3.14. The van der Waals surface area contributed by atoms with Gasteiger partial charge in [-0.05, 0) is 39.5 Å². The molecule has 94 valence electrons. The second-order valence-corrected chi connectivity index (χ2v) is 5.71. The molecule has 2 atom stereocenters. The fraction of sp³-hybridized carbons (Fsp3) is 0.923. The minimum Gasteiger partial charge on any atom is -0.444 e. The first kappa shape index (κ1) is 13.3. The van der Waals surface area contributed by atoms with Gasteiger partial charge in [-0.25, -0.2) is 4.79 Å². The molecule has 1 aliphatic carbocycles. The fourth-order valence-corrected chi connectivity index (χ4v) is 2.35. The average Bonchev–Trinajstić information content (AvgIpc) is 2.15. The van der Waals surface area contributed by atoms with Crippen LogP contribution in [0.5, 0.6) is 0 Å². The van der Waals surface area contributed by atoms with Crippen molar-refractivity contribution in [1.82, 2.24) is 5.32 Å². The molecule has 0 aromatic rings. The molecule has 0 aliphatic heterocycles. The van der Waals surface area contributed by atoms with E-state index in [9.17, 15) is 4.79 Å². The summed E-state index contributed by atoms with van der Waals surface area (Å²) in [5.74, 6) is 0.626. The predicted molar refractivity (Wildman–Crippen MR) is 65.4 cm³/mol. The van der Waals surface area contributed by atoms with Gasteiger partial charge in [0.25, 0.3) is 0 Å². The topological polar surface area (TPSA) is 38.3 Å². The quantitative estimate of drug-likeness (QED) is 0.784. The summed E-state index contributed by atoms with van der Waals surface area (Å²) in [5.41, 5.74) is -0.402. The Kier molecular flexibility index (Phi) is 4.63. The van der Waals surface area contributed by atoms with E-state index in [1.807, 2.05) is 20.8 Å². The fourth-order valence-electron chi connectivity index (χ4n) is 2.35. The summed E-state index contributed by atoms with van der Waals surface area (Å²) in [6, 6.07) is 0.314. The maximum atomic E-state index is 11.7. The molecule has 1 fully saturated rings. The third kappa shape index (κ3) is 4.42. The number of hydrogen-bond donors (Lipinski definition) is 1. The van der Waals surface area contributed by atoms with Crippen LogP contribution in [-0.4, -0.2) is 17.7 Å². The second kappa shape index (κ2) is 5.55. The van der Waals surface area contributed by atoms with E-state index in [1.54, 1.807) is 0 Å². The summed E-state index contributed by atoms with van der Waals surface area (Å²) < 4.78 is 5.28. The standard InChI is InChI=1S/C13H25NO2/c1-5-10-8-6-7-9-11(10)14-12(15)16-13(2,3)4/h10-11H,5-9H2,1-4H3,(H,14,15)/t10-,11?/m0/s1. The highest BCUT2D eigenvalue weighted by Gasteiger charge is 2.26. The third-order valence-corrected chi connectivity index (χ3v) is 3.14. The van der Waals surface area contributed by atoms with Crippen LogP contribution in [0, 0.1) is 5.92 Å². The highest BCUT2D eigenvalue weighted by molar-refractivity contribution is 5.68. The van der Waals surface area contributed by atoms with E-state index in [2.05, 4.69) is 12.2 Å². The molecule has 1 saturated carbocycles. The molecular weight excluding hydrogens is 202 g/mol. The number of alkyl carbamates (subject to hydrolysis) is 1. The van der Waals surface area contributed by atoms with E-state index in [0.717, 1.165) is 12.8 Å². The van der Waals surface area contributed by atoms with Crippen molar-refractivity contribution in [3.63, 3.8) is 0 Å². The Hall–Kier alpha value is -0.730. The Labute approximate surface area is 98.9 Å². The lowest BCUT2D eigenvalue weighted by atomic mass is 9.83. The van der Waals surface area contributed by atoms with Gasteiger partial charge in [-0.1, -0.05) is 26.2 Å². The van der Waals surface area contributed by atoms with Crippen molar-refractivity contribution in [3.05, 3.63) is 0 Å². The Bertz CT molecular complexity index is 233. The van der Waals surface area contributed by atoms with Crippen LogP contribution < -0.4 is 5.32 Å². The molecule has 0 heterocycles. The lowest BCUT2D eigenvalue weighted by Crippen LogP contribution is -2.44. The lowest BCUT2D eigenvalue weighted by molar-refractivity contribution is 0.0468. The van der Waals surface area contributed by atoms with Crippen molar-refractivity contribution in [2.45, 2.75) is 71.4 Å². The van der Waals surface area contributed by atoms with Gasteiger partial charge in [0, 0.05) is 6.04 Å². The van der Waals surface area contributed by atoms with Gasteiger partial charge >= 0.3 is 6.09 Å². The monoisotopic (exact) mass is 227 g/mol. The number of hydrogen-bond acceptors (Lipinski definition) is 2. The van der Waals surface area contributed by atoms with Gasteiger partial charge in [-0.15, -0.1) is 0 Å². The number of carbonyl (C=O) groups is 1. The van der Waals surface area contributed by atoms with Gasteiger partial charge in [-0.3, -0.25) is 0 Å². The van der Waals surface area contributed by atoms with E-state index in [-0.39, 0.29) is 6.09 Å². The summed E-state index contributed by atoms with van der Waals surface area (Å²) in [6.45, 7) is 7.88. The number of carbonyl (C=O) groups excluding carboxylic acids is 1. The zero-order valence-corrected chi connectivity index (χ0v) is 11.0. The smallest absolute Gasteiger partial charge is 0.407 e. The average molecular weight is 227 g/mol. The maximum absolute atomic E-state index is 11.7. The number of rotatable bonds is 2. The molecule has 1 N–H and O–H groups in total. The molecule has 0 aromatic heterocycles. The molecule has 0 aromatic carbocycles. The van der Waals surface area contributed by atoms with Crippen LogP contribution in [0.3, 0.4) is 0 Å². The molecule has 3 heteroatoms. The molecule has 16 heavy (non-hydrogen) atoms. The van der Waals surface area contributed by atoms with Gasteiger partial charge in [0.05, 0.1) is 0 Å². The zero-order chi connectivity index (χ0) is 12.2. The SMILES string of the molecule is CC[C@H]1CCCCC1NC(=O)OC(C)(C)C. The number of ether oxygens (including phenoxy) is 1. The molecule has 0 spiro atoms. The zero-order valence-electron chi connectivity index (χ0n) is 11.0. The first-order valence-corrected chi connectivity index (χ1v) is 6.42. The molecular formula is C13H25NO2. The van der Waals surface area contributed by atoms with E-state index < -0.39 is 5.60 Å². The molecule has 1 rings (SSSR count). The van der Waals surface area contributed by atoms with Crippen molar-refractivity contribution >= 4 is 6.09 Å². The summed E-state index contributed by atoms with van der Waals surface area (Å²) >= 11 is 0. The van der Waals surface area contributed by atoms with Crippen LogP contribution in [0.25, 0.3) is 0 Å². The second-order valence-electron chi connectivity index (χ2n) is 5.71. The van der Waals surface area contributed by atoms with Crippen molar-refractivity contribution in [1.29, 1.82) is 0 Å². The summed E-state index contributed by atoms with van der Waals surface area (Å²) in [4.78, 5) is 11.7. The van der Waals surface area contributed by atoms with Gasteiger partial charge in [0.15, 0.2) is 0 Å². The molecule has 0 bridgehead atoms. The van der Waals surface area contributed by atoms with Crippen LogP contribution in [0.4, 0.5) is 4.79 Å². The lowest BCUT2D eigenvalue weighted by Gasteiger charge is -2.32. The van der Waals surface area contributed by atoms with E-state index >= 15 is 0 Å². The predicted octanol–water partition coefficient (Wildman–Crippen LogP) is 3.48. The normalized spacial score (nSPS) is 26.2. The van der Waals surface area contributed by atoms with Crippen LogP contribution in [0.1, 0.15) is 59.8 Å². The molecule has 0 saturated heterocycles. The van der Waals surface area contributed by atoms with Gasteiger partial charge in [-0.2, -0.15) is 0 Å². The Balaban J connectivity index is 2.42. The van der Waals surface area contributed by atoms with Crippen molar-refractivity contribution < 1.29 is 9.53 Å². The Morgan fingerprint density at radius 3 is 2.50 bits per heavy atom. The first-order chi connectivity index (χ1) is 7.42. The maximum Gasteiger partial charge on any atom is 0.407 e. The van der Waals surface area contributed by atoms with E-state index in [4.69, 9.17) is 4.74 Å². The van der Waals surface area contributed by atoms with Gasteiger partial charge in [0.2, 0.25) is 0 Å². The highest BCUT2D eigenvalue weighted by atomic mass is 16.6. The number of nitrogens with one attached hydrogen (secondary N) is 1. The van der Waals surface area contributed by atoms with Crippen LogP contribution in [0.15, 0.2) is 0 Å². The van der Waals surface area contributed by atoms with Crippen molar-refractivity contribution in [3.8, 4) is 0 Å². The van der Waals surface area contributed by atoms with Crippen molar-refractivity contribution in [2.75, 3.05) is 0 Å². The number of amides is 1. The molecule has 1 amide bonds. The minimum atomic E-state index is -0.402. The van der Waals surface area contributed by atoms with E-state index in [0.29, 0.717) is 12.0 Å². The minimum absolute atomic E-state index is 0.266. The summed E-state index contributed by atoms with van der Waals surface area (Å²) in [6.07, 6.45) is 5.72. The largest absolute Gasteiger partial charge is 0.444 e. The summed E-state index contributed by atoms with van der Waals surface area (Å²) in [7, 11) is 0. The van der Waals surface area contributed by atoms with Gasteiger partial charge in [0.1, 0.15) is 5.60 Å². The Morgan fingerprint density at radius 1 is 1.31 bits per heavy atom. The van der Waals surface area contributed by atoms with Crippen LogP contribution in [0.2, 0.25) is 0 Å². The van der Waals surface area contributed by atoms with Gasteiger partial charge < -0.3 is 10.1 Å². The molecule has 3 nitrogen and oxygen atoms in total.